The second-order valence-corrected chi connectivity index (χ2v) is 27.8. The highest BCUT2D eigenvalue weighted by Crippen LogP contribution is 2.25. The van der Waals surface area contributed by atoms with E-state index in [0.717, 1.165) is 24.5 Å². The van der Waals surface area contributed by atoms with Crippen LogP contribution in [0, 0.1) is 41.4 Å². The van der Waals surface area contributed by atoms with Crippen LogP contribution in [-0.2, 0) is 62.2 Å². The van der Waals surface area contributed by atoms with Crippen LogP contribution in [-0.4, -0.2) is 271 Å². The Balaban J connectivity index is 2.96. The van der Waals surface area contributed by atoms with Crippen LogP contribution in [0.5, 0.6) is 0 Å². The van der Waals surface area contributed by atoms with E-state index in [1.807, 2.05) is 67.3 Å². The Kier molecular flexibility index (Phi) is 33.5. The lowest BCUT2D eigenvalue weighted by Gasteiger charge is -2.40. The summed E-state index contributed by atoms with van der Waals surface area (Å²) in [7, 11) is 9.79. The summed E-state index contributed by atoms with van der Waals surface area (Å²) in [5.41, 5.74) is 0. The summed E-state index contributed by atoms with van der Waals surface area (Å²) in [5, 5.41) is 34.5. The molecule has 0 bridgehead atoms. The van der Waals surface area contributed by atoms with Crippen molar-refractivity contribution in [3.8, 4) is 0 Å². The Morgan fingerprint density at radius 2 is 0.978 bits per heavy atom. The van der Waals surface area contributed by atoms with Gasteiger partial charge in [-0.15, -0.1) is 0 Å². The van der Waals surface area contributed by atoms with Gasteiger partial charge in [0.1, 0.15) is 54.4 Å². The normalized spacial score (nSPS) is 27.0. The zero-order chi connectivity index (χ0) is 69.8. The van der Waals surface area contributed by atoms with Crippen LogP contribution in [0.25, 0.3) is 0 Å². The molecule has 2 fully saturated rings. The van der Waals surface area contributed by atoms with Crippen LogP contribution in [0.2, 0.25) is 0 Å². The lowest BCUT2D eigenvalue weighted by atomic mass is 9.91. The van der Waals surface area contributed by atoms with Gasteiger partial charge in [-0.1, -0.05) is 90.0 Å². The maximum absolute atomic E-state index is 15.3. The molecule has 0 aromatic carbocycles. The topological polar surface area (TPSA) is 327 Å². The Morgan fingerprint density at radius 1 is 0.527 bits per heavy atom. The van der Waals surface area contributed by atoms with Crippen molar-refractivity contribution in [2.24, 2.45) is 41.4 Å². The molecule has 0 aromatic heterocycles. The zero-order valence-electron chi connectivity index (χ0n) is 58.7. The van der Waals surface area contributed by atoms with Crippen LogP contribution < -0.4 is 21.3 Å². The predicted octanol–water partition coefficient (Wildman–Crippen LogP) is 1.69. The number of cyclic esters (lactones) is 2. The average Bonchev–Trinajstić information content (AvgIpc) is 0.858. The van der Waals surface area contributed by atoms with Crippen molar-refractivity contribution < 1.29 is 77.2 Å². The molecule has 2 aliphatic heterocycles. The number of carbonyl (C=O) groups excluding carboxylic acids is 11. The van der Waals surface area contributed by atoms with Crippen molar-refractivity contribution in [3.63, 3.8) is 0 Å². The molecule has 2 heterocycles. The van der Waals surface area contributed by atoms with E-state index in [-0.39, 0.29) is 74.2 Å². The SMILES string of the molecule is CC(C)C[C@@H]1C(=O)N[C@H](CC(C)C)C(=O)N(C)C(C(C)C)C(=O)N(C)C([C@H](O)[C@H](C)CCN(C)CC2COCCO2)C(=O)NC([C@@H](C)O)C(=O)N(C)CC(=O)N(C)[C@@H](CC(C)C)C(=O)N[C@H](CC(C)C)C(=O)N(C)[C@H](CC(C)C)C(=O)N[C@H](C)C(=O)OC(=O)N1C. The first-order valence-corrected chi connectivity index (χ1v) is 32.4. The van der Waals surface area contributed by atoms with Gasteiger partial charge in [0, 0.05) is 48.8 Å². The third kappa shape index (κ3) is 24.8. The Hall–Kier alpha value is -6.03. The van der Waals surface area contributed by atoms with Gasteiger partial charge in [0.2, 0.25) is 53.2 Å². The van der Waals surface area contributed by atoms with Gasteiger partial charge in [0.25, 0.3) is 0 Å². The summed E-state index contributed by atoms with van der Waals surface area (Å²) in [6.45, 7) is 27.3. The number of nitrogens with zero attached hydrogens (tertiary/aromatic N) is 7. The first-order valence-electron chi connectivity index (χ1n) is 32.4. The van der Waals surface area contributed by atoms with Crippen molar-refractivity contribution in [2.45, 2.75) is 215 Å². The number of esters is 1. The highest BCUT2D eigenvalue weighted by molar-refractivity contribution is 5.99. The van der Waals surface area contributed by atoms with Crippen molar-refractivity contribution in [1.82, 2.24) is 55.6 Å². The van der Waals surface area contributed by atoms with Crippen LogP contribution >= 0.6 is 0 Å². The molecule has 6 N–H and O–H groups in total. The Morgan fingerprint density at radius 3 is 1.43 bits per heavy atom. The van der Waals surface area contributed by atoms with Crippen molar-refractivity contribution in [2.75, 3.05) is 88.8 Å². The standard InChI is InChI=1S/C64H115N11O16/c1-35(2)27-45-59(83)72(19)48(30-38(7)8)55(79)65-42(14)63(87)91-64(88)73(20)49(31-39(9)10)57(81)67-46(28-36(3)4)60(84)74(21)52(40(11)12)62(86)75(22)53(54(78)41(13)23-24-69(16)32-44-34-89-25-26-90-44)58(82)68-51(43(15)76)61(85)70(17)33-50(77)71(18)47(29-37(5)6)56(80)66-45/h35-49,51-54,76,78H,23-34H2,1-22H3,(H,65,79)(H,66,80)(H,67,81)(H,68,82)/t41-,42-,43-,44?,45-,46-,47+,48-,49-,51?,52?,53?,54-/m1/s1. The summed E-state index contributed by atoms with van der Waals surface area (Å²) in [6.07, 6.45) is -4.05. The van der Waals surface area contributed by atoms with Gasteiger partial charge in [0.05, 0.1) is 44.7 Å². The molecule has 13 atom stereocenters. The minimum absolute atomic E-state index is 0.0269. The van der Waals surface area contributed by atoms with Gasteiger partial charge >= 0.3 is 12.1 Å². The van der Waals surface area contributed by atoms with Gasteiger partial charge in [-0.05, 0) is 107 Å². The van der Waals surface area contributed by atoms with E-state index in [4.69, 9.17) is 14.2 Å². The fourth-order valence-corrected chi connectivity index (χ4v) is 11.3. The highest BCUT2D eigenvalue weighted by Gasteiger charge is 2.45. The molecule has 10 amide bonds. The lowest BCUT2D eigenvalue weighted by molar-refractivity contribution is -0.155. The number of likely N-dealkylation sites (N-methyl/N-ethyl adjacent to an activating group) is 7. The monoisotopic (exact) mass is 1290 g/mol. The molecule has 0 aliphatic carbocycles. The van der Waals surface area contributed by atoms with Gasteiger partial charge in [0.15, 0.2) is 0 Å². The first-order chi connectivity index (χ1) is 42.1. The molecular weight excluding hydrogens is 1180 g/mol. The van der Waals surface area contributed by atoms with E-state index in [9.17, 15) is 53.4 Å². The van der Waals surface area contributed by atoms with Crippen LogP contribution in [0.15, 0.2) is 0 Å². The molecule has 4 unspecified atom stereocenters. The molecule has 27 nitrogen and oxygen atoms in total. The zero-order valence-corrected chi connectivity index (χ0v) is 58.7. The predicted molar refractivity (Wildman–Crippen MR) is 342 cm³/mol. The van der Waals surface area contributed by atoms with Gasteiger partial charge < -0.3 is 75.1 Å². The van der Waals surface area contributed by atoms with E-state index in [1.165, 1.54) is 61.0 Å². The number of hydrogen-bond acceptors (Lipinski definition) is 17. The van der Waals surface area contributed by atoms with E-state index in [0.29, 0.717) is 32.9 Å². The molecule has 27 heteroatoms. The van der Waals surface area contributed by atoms with Crippen LogP contribution in [0.3, 0.4) is 0 Å². The molecule has 0 spiro atoms. The largest absolute Gasteiger partial charge is 0.417 e. The van der Waals surface area contributed by atoms with Gasteiger partial charge in [-0.25, -0.2) is 9.59 Å². The summed E-state index contributed by atoms with van der Waals surface area (Å²) in [5.74, 6) is -10.8. The maximum Gasteiger partial charge on any atom is 0.417 e. The number of hydrogen-bond donors (Lipinski definition) is 6. The highest BCUT2D eigenvalue weighted by atomic mass is 16.6. The minimum atomic E-state index is -1.78. The third-order valence-corrected chi connectivity index (χ3v) is 16.7. The van der Waals surface area contributed by atoms with Crippen LogP contribution in [0.1, 0.15) is 142 Å². The second kappa shape index (κ2) is 37.6. The summed E-state index contributed by atoms with van der Waals surface area (Å²) in [4.78, 5) is 168. The quantitative estimate of drug-likeness (QED) is 0.0792. The van der Waals surface area contributed by atoms with Crippen molar-refractivity contribution in [3.05, 3.63) is 0 Å². The molecule has 0 radical (unpaired) electrons. The Bertz CT molecular complexity index is 2440. The fraction of sp³-hybridized carbons (Fsp3) is 0.828. The van der Waals surface area contributed by atoms with E-state index in [2.05, 4.69) is 21.3 Å². The molecule has 2 saturated heterocycles. The summed E-state index contributed by atoms with van der Waals surface area (Å²) < 4.78 is 16.7. The number of aliphatic hydroxyl groups excluding tert-OH is 2. The number of aliphatic hydroxyl groups is 2. The lowest BCUT2D eigenvalue weighted by Crippen LogP contribution is -2.64. The fourth-order valence-electron chi connectivity index (χ4n) is 11.3. The van der Waals surface area contributed by atoms with E-state index >= 15 is 9.59 Å². The molecule has 2 aliphatic rings. The number of nitrogens with one attached hydrogen (secondary N) is 4. The van der Waals surface area contributed by atoms with E-state index < -0.39 is 150 Å². The number of rotatable bonds is 19. The molecular formula is C64H115N11O16. The summed E-state index contributed by atoms with van der Waals surface area (Å²) >= 11 is 0. The van der Waals surface area contributed by atoms with E-state index in [1.54, 1.807) is 34.6 Å². The smallest absolute Gasteiger partial charge is 0.391 e. The number of amides is 10. The molecule has 522 valence electrons. The molecule has 0 aromatic rings. The molecule has 0 saturated carbocycles. The number of ether oxygens (including phenoxy) is 3. The number of carbonyl (C=O) groups is 11. The minimum Gasteiger partial charge on any atom is -0.391 e. The van der Waals surface area contributed by atoms with Crippen molar-refractivity contribution in [1.29, 1.82) is 0 Å². The molecule has 91 heavy (non-hydrogen) atoms. The second-order valence-electron chi connectivity index (χ2n) is 27.8. The summed E-state index contributed by atoms with van der Waals surface area (Å²) in [6, 6.07) is -12.7. The van der Waals surface area contributed by atoms with Gasteiger partial charge in [-0.3, -0.25) is 48.1 Å². The average molecular weight is 1290 g/mol. The first kappa shape index (κ1) is 81.1. The van der Waals surface area contributed by atoms with Crippen LogP contribution in [0.4, 0.5) is 4.79 Å². The maximum atomic E-state index is 15.3. The third-order valence-electron chi connectivity index (χ3n) is 16.7. The molecule has 2 rings (SSSR count). The van der Waals surface area contributed by atoms with Gasteiger partial charge in [-0.2, -0.15) is 0 Å². The van der Waals surface area contributed by atoms with Crippen molar-refractivity contribution >= 4 is 65.2 Å². The Labute approximate surface area is 541 Å².